The first-order valence-electron chi connectivity index (χ1n) is 8.53. The first kappa shape index (κ1) is 22.7. The van der Waals surface area contributed by atoms with Crippen molar-refractivity contribution in [1.29, 1.82) is 0 Å². The summed E-state index contributed by atoms with van der Waals surface area (Å²) in [5, 5.41) is 2.59. The van der Waals surface area contributed by atoms with E-state index >= 15 is 0 Å². The first-order chi connectivity index (χ1) is 13.3. The fourth-order valence-corrected chi connectivity index (χ4v) is 3.96. The van der Waals surface area contributed by atoms with E-state index in [0.29, 0.717) is 15.9 Å². The summed E-state index contributed by atoms with van der Waals surface area (Å²) in [5.74, 6) is -1.17. The molecule has 2 aromatic rings. The van der Waals surface area contributed by atoms with Crippen molar-refractivity contribution in [3.05, 3.63) is 65.5 Å². The van der Waals surface area contributed by atoms with Crippen molar-refractivity contribution in [1.82, 2.24) is 5.32 Å². The van der Waals surface area contributed by atoms with Gasteiger partial charge in [-0.25, -0.2) is 12.8 Å². The van der Waals surface area contributed by atoms with Crippen molar-refractivity contribution in [3.63, 3.8) is 0 Å². The van der Waals surface area contributed by atoms with Crippen molar-refractivity contribution in [2.75, 3.05) is 10.6 Å². The Morgan fingerprint density at radius 2 is 1.66 bits per heavy atom. The van der Waals surface area contributed by atoms with E-state index in [0.717, 1.165) is 18.4 Å². The Labute approximate surface area is 166 Å². The maximum Gasteiger partial charge on any atom is 0.416 e. The number of hydrogen-bond donors (Lipinski definition) is 1. The number of nitrogens with zero attached hydrogens (tertiary/aromatic N) is 1. The van der Waals surface area contributed by atoms with Gasteiger partial charge in [0.15, 0.2) is 0 Å². The molecule has 1 amide bonds. The number of benzene rings is 2. The fraction of sp³-hybridized carbons (Fsp3) is 0.316. The third kappa shape index (κ3) is 5.69. The summed E-state index contributed by atoms with van der Waals surface area (Å²) in [6, 6.07) is 7.20. The van der Waals surface area contributed by atoms with E-state index in [4.69, 9.17) is 0 Å². The highest BCUT2D eigenvalue weighted by molar-refractivity contribution is 7.92. The van der Waals surface area contributed by atoms with Crippen LogP contribution in [0.5, 0.6) is 0 Å². The lowest BCUT2D eigenvalue weighted by Crippen LogP contribution is -2.48. The Kier molecular flexibility index (Phi) is 6.56. The summed E-state index contributed by atoms with van der Waals surface area (Å²) in [4.78, 5) is 12.6. The van der Waals surface area contributed by atoms with Crippen molar-refractivity contribution in [3.8, 4) is 0 Å². The van der Waals surface area contributed by atoms with Gasteiger partial charge in [0.25, 0.3) is 0 Å². The molecule has 0 saturated heterocycles. The number of halogens is 4. The average molecular weight is 432 g/mol. The van der Waals surface area contributed by atoms with Crippen molar-refractivity contribution < 1.29 is 30.8 Å². The van der Waals surface area contributed by atoms with E-state index in [2.05, 4.69) is 5.32 Å². The maximum absolute atomic E-state index is 13.0. The van der Waals surface area contributed by atoms with Gasteiger partial charge in [-0.15, -0.1) is 0 Å². The van der Waals surface area contributed by atoms with Gasteiger partial charge in [-0.2, -0.15) is 13.2 Å². The largest absolute Gasteiger partial charge is 0.416 e. The summed E-state index contributed by atoms with van der Waals surface area (Å²) < 4.78 is 77.2. The third-order valence-corrected chi connectivity index (χ3v) is 5.49. The number of carbonyl (C=O) groups excluding carboxylic acids is 1. The van der Waals surface area contributed by atoms with Gasteiger partial charge in [-0.3, -0.25) is 9.10 Å². The van der Waals surface area contributed by atoms with Gasteiger partial charge in [0, 0.05) is 0 Å². The lowest BCUT2D eigenvalue weighted by atomic mass is 10.1. The lowest BCUT2D eigenvalue weighted by molar-refractivity contribution is -0.137. The van der Waals surface area contributed by atoms with E-state index in [1.54, 1.807) is 6.92 Å². The molecular formula is C19H20F4N2O3S. The SMILES string of the molecule is C[C@H](NC(=O)[C@@H](C)N(c1cccc(C(F)(F)F)c1)S(C)(=O)=O)c1ccc(F)cc1. The molecule has 0 aliphatic heterocycles. The number of alkyl halides is 3. The van der Waals surface area contributed by atoms with Crippen LogP contribution in [0.2, 0.25) is 0 Å². The minimum Gasteiger partial charge on any atom is -0.348 e. The number of amides is 1. The van der Waals surface area contributed by atoms with Crippen LogP contribution in [-0.2, 0) is 21.0 Å². The molecule has 2 atom stereocenters. The molecule has 2 rings (SSSR count). The number of carbonyl (C=O) groups is 1. The zero-order valence-electron chi connectivity index (χ0n) is 15.9. The molecule has 0 saturated carbocycles. The second-order valence-electron chi connectivity index (χ2n) is 6.56. The van der Waals surface area contributed by atoms with Crippen LogP contribution in [0.3, 0.4) is 0 Å². The van der Waals surface area contributed by atoms with Crippen LogP contribution >= 0.6 is 0 Å². The molecule has 0 aliphatic carbocycles. The van der Waals surface area contributed by atoms with Gasteiger partial charge < -0.3 is 5.32 Å². The number of rotatable bonds is 6. The van der Waals surface area contributed by atoms with Gasteiger partial charge in [0.1, 0.15) is 11.9 Å². The molecule has 0 fully saturated rings. The molecule has 29 heavy (non-hydrogen) atoms. The molecule has 10 heteroatoms. The molecule has 0 radical (unpaired) electrons. The van der Waals surface area contributed by atoms with Crippen molar-refractivity contribution >= 4 is 21.6 Å². The van der Waals surface area contributed by atoms with Crippen molar-refractivity contribution in [2.45, 2.75) is 32.1 Å². The van der Waals surface area contributed by atoms with Crippen LogP contribution in [0, 0.1) is 5.82 Å². The summed E-state index contributed by atoms with van der Waals surface area (Å²) in [6.45, 7) is 2.89. The molecule has 1 N–H and O–H groups in total. The van der Waals surface area contributed by atoms with Gasteiger partial charge >= 0.3 is 6.18 Å². The second-order valence-corrected chi connectivity index (χ2v) is 8.42. The van der Waals surface area contributed by atoms with E-state index in [1.807, 2.05) is 0 Å². The highest BCUT2D eigenvalue weighted by atomic mass is 32.2. The van der Waals surface area contributed by atoms with E-state index < -0.39 is 45.6 Å². The number of anilines is 1. The lowest BCUT2D eigenvalue weighted by Gasteiger charge is -2.29. The summed E-state index contributed by atoms with van der Waals surface area (Å²) >= 11 is 0. The minimum atomic E-state index is -4.66. The average Bonchev–Trinajstić information content (AvgIpc) is 2.60. The topological polar surface area (TPSA) is 66.5 Å². The Bertz CT molecular complexity index is 976. The predicted octanol–water partition coefficient (Wildman–Crippen LogP) is 3.88. The Morgan fingerprint density at radius 3 is 2.17 bits per heavy atom. The normalized spacial score (nSPS) is 14.2. The molecule has 0 spiro atoms. The second kappa shape index (κ2) is 8.40. The van der Waals surface area contributed by atoms with Gasteiger partial charge in [0.05, 0.1) is 23.5 Å². The van der Waals surface area contributed by atoms with Crippen LogP contribution in [0.4, 0.5) is 23.2 Å². The van der Waals surface area contributed by atoms with Gasteiger partial charge in [0.2, 0.25) is 15.9 Å². The Hall–Kier alpha value is -2.62. The quantitative estimate of drug-likeness (QED) is 0.705. The Morgan fingerprint density at radius 1 is 1.07 bits per heavy atom. The summed E-state index contributed by atoms with van der Waals surface area (Å²) in [5.41, 5.74) is -0.729. The van der Waals surface area contributed by atoms with Gasteiger partial charge in [-0.1, -0.05) is 18.2 Å². The van der Waals surface area contributed by atoms with E-state index in [9.17, 15) is 30.8 Å². The summed E-state index contributed by atoms with van der Waals surface area (Å²) in [6.07, 6.45) is -3.86. The van der Waals surface area contributed by atoms with E-state index in [1.165, 1.54) is 37.3 Å². The fourth-order valence-electron chi connectivity index (χ4n) is 2.80. The first-order valence-corrected chi connectivity index (χ1v) is 10.4. The number of nitrogens with one attached hydrogen (secondary N) is 1. The minimum absolute atomic E-state index is 0.278. The number of hydrogen-bond acceptors (Lipinski definition) is 3. The molecule has 0 heterocycles. The number of sulfonamides is 1. The summed E-state index contributed by atoms with van der Waals surface area (Å²) in [7, 11) is -4.07. The van der Waals surface area contributed by atoms with Crippen LogP contribution in [0.1, 0.15) is 31.0 Å². The molecule has 158 valence electrons. The highest BCUT2D eigenvalue weighted by Crippen LogP contribution is 2.33. The van der Waals surface area contributed by atoms with Crippen LogP contribution in [0.25, 0.3) is 0 Å². The highest BCUT2D eigenvalue weighted by Gasteiger charge is 2.34. The standard InChI is InChI=1S/C19H20F4N2O3S/c1-12(14-7-9-16(20)10-8-14)24-18(26)13(2)25(29(3,27)28)17-6-4-5-15(11-17)19(21,22)23/h4-13H,1-3H3,(H,24,26)/t12-,13+/m0/s1. The zero-order valence-corrected chi connectivity index (χ0v) is 16.7. The van der Waals surface area contributed by atoms with Crippen LogP contribution in [-0.4, -0.2) is 26.6 Å². The molecule has 0 bridgehead atoms. The van der Waals surface area contributed by atoms with Crippen LogP contribution < -0.4 is 9.62 Å². The zero-order chi connectivity index (χ0) is 22.0. The predicted molar refractivity (Wildman–Crippen MR) is 101 cm³/mol. The molecule has 0 unspecified atom stereocenters. The van der Waals surface area contributed by atoms with Crippen LogP contribution in [0.15, 0.2) is 48.5 Å². The van der Waals surface area contributed by atoms with Gasteiger partial charge in [-0.05, 0) is 49.7 Å². The van der Waals surface area contributed by atoms with Crippen molar-refractivity contribution in [2.24, 2.45) is 0 Å². The third-order valence-electron chi connectivity index (χ3n) is 4.25. The van der Waals surface area contributed by atoms with E-state index in [-0.39, 0.29) is 5.69 Å². The smallest absolute Gasteiger partial charge is 0.348 e. The molecule has 5 nitrogen and oxygen atoms in total. The molecule has 0 aliphatic rings. The molecular weight excluding hydrogens is 412 g/mol. The molecule has 0 aromatic heterocycles. The Balaban J connectivity index is 2.31. The molecule has 2 aromatic carbocycles. The maximum atomic E-state index is 13.0. The monoisotopic (exact) mass is 432 g/mol.